The lowest BCUT2D eigenvalue weighted by Crippen LogP contribution is -2.25. The van der Waals surface area contributed by atoms with Crippen LogP contribution in [0.15, 0.2) is 66.7 Å². The summed E-state index contributed by atoms with van der Waals surface area (Å²) in [6.45, 7) is 5.98. The maximum Gasteiger partial charge on any atom is 0.251 e. The minimum Gasteiger partial charge on any atom is -0.494 e. The molecule has 1 N–H and O–H groups in total. The molecule has 0 unspecified atom stereocenters. The molecular formula is C29H33N3O4. The molecule has 0 radical (unpaired) electrons. The topological polar surface area (TPSA) is 74.6 Å². The fourth-order valence-corrected chi connectivity index (χ4v) is 4.11. The first-order valence-electron chi connectivity index (χ1n) is 12.2. The number of carbonyl (C=O) groups excluding carboxylic acids is 1. The first-order valence-corrected chi connectivity index (χ1v) is 12.2. The van der Waals surface area contributed by atoms with Gasteiger partial charge in [0.2, 0.25) is 0 Å². The number of hydrogen-bond donors (Lipinski definition) is 1. The van der Waals surface area contributed by atoms with Crippen LogP contribution in [0.4, 0.5) is 0 Å². The molecule has 4 rings (SSSR count). The van der Waals surface area contributed by atoms with Crippen molar-refractivity contribution in [2.24, 2.45) is 0 Å². The SMILES string of the molecule is COc1ccc(C(=O)NCc2nc3ccccc3n2CCCOc2ccc(C(C)C)cc2)cc1OC. The van der Waals surface area contributed by atoms with E-state index < -0.39 is 0 Å². The lowest BCUT2D eigenvalue weighted by molar-refractivity contribution is 0.0949. The second kappa shape index (κ2) is 11.6. The van der Waals surface area contributed by atoms with Gasteiger partial charge >= 0.3 is 0 Å². The molecular weight excluding hydrogens is 454 g/mol. The number of benzene rings is 3. The first-order chi connectivity index (χ1) is 17.5. The molecule has 0 atom stereocenters. The van der Waals surface area contributed by atoms with Crippen molar-refractivity contribution in [1.29, 1.82) is 0 Å². The summed E-state index contributed by atoms with van der Waals surface area (Å²) in [6.07, 6.45) is 0.808. The maximum atomic E-state index is 12.8. The number of rotatable bonds is 11. The van der Waals surface area contributed by atoms with Crippen molar-refractivity contribution in [1.82, 2.24) is 14.9 Å². The lowest BCUT2D eigenvalue weighted by atomic mass is 10.0. The van der Waals surface area contributed by atoms with E-state index in [2.05, 4.69) is 35.9 Å². The van der Waals surface area contributed by atoms with Crippen LogP contribution in [-0.4, -0.2) is 36.3 Å². The van der Waals surface area contributed by atoms with Crippen LogP contribution in [0.25, 0.3) is 11.0 Å². The Kier molecular flexibility index (Phi) is 8.10. The summed E-state index contributed by atoms with van der Waals surface area (Å²) in [6, 6.07) is 21.4. The number of aromatic nitrogens is 2. The number of nitrogens with zero attached hydrogens (tertiary/aromatic N) is 2. The average molecular weight is 488 g/mol. The van der Waals surface area contributed by atoms with Gasteiger partial charge in [-0.1, -0.05) is 38.1 Å². The van der Waals surface area contributed by atoms with Crippen LogP contribution in [0.3, 0.4) is 0 Å². The van der Waals surface area contributed by atoms with Gasteiger partial charge in [0.15, 0.2) is 11.5 Å². The zero-order valence-electron chi connectivity index (χ0n) is 21.3. The highest BCUT2D eigenvalue weighted by Gasteiger charge is 2.14. The Labute approximate surface area is 212 Å². The van der Waals surface area contributed by atoms with E-state index in [0.29, 0.717) is 36.1 Å². The normalized spacial score (nSPS) is 11.0. The van der Waals surface area contributed by atoms with Crippen LogP contribution < -0.4 is 19.5 Å². The molecule has 0 aliphatic rings. The second-order valence-electron chi connectivity index (χ2n) is 8.85. The van der Waals surface area contributed by atoms with Crippen LogP contribution in [0.5, 0.6) is 17.2 Å². The molecule has 0 spiro atoms. The van der Waals surface area contributed by atoms with Gasteiger partial charge in [0.25, 0.3) is 5.91 Å². The van der Waals surface area contributed by atoms with Crippen molar-refractivity contribution in [3.63, 3.8) is 0 Å². The minimum atomic E-state index is -0.206. The van der Waals surface area contributed by atoms with Gasteiger partial charge in [-0.2, -0.15) is 0 Å². The number of amides is 1. The summed E-state index contributed by atoms with van der Waals surface area (Å²) in [7, 11) is 3.11. The second-order valence-corrected chi connectivity index (χ2v) is 8.85. The molecule has 0 aliphatic heterocycles. The highest BCUT2D eigenvalue weighted by atomic mass is 16.5. The number of hydrogen-bond acceptors (Lipinski definition) is 5. The number of carbonyl (C=O) groups is 1. The predicted molar refractivity (Wildman–Crippen MR) is 141 cm³/mol. The van der Waals surface area contributed by atoms with Crippen molar-refractivity contribution in [3.8, 4) is 17.2 Å². The van der Waals surface area contributed by atoms with Crippen molar-refractivity contribution < 1.29 is 19.0 Å². The molecule has 0 saturated carbocycles. The summed E-state index contributed by atoms with van der Waals surface area (Å²) < 4.78 is 18.7. The summed E-state index contributed by atoms with van der Waals surface area (Å²) >= 11 is 0. The van der Waals surface area contributed by atoms with Gasteiger partial charge in [-0.3, -0.25) is 4.79 Å². The Balaban J connectivity index is 1.41. The number of methoxy groups -OCH3 is 2. The van der Waals surface area contributed by atoms with Crippen molar-refractivity contribution >= 4 is 16.9 Å². The molecule has 188 valence electrons. The van der Waals surface area contributed by atoms with Gasteiger partial charge in [-0.25, -0.2) is 4.98 Å². The third-order valence-corrected chi connectivity index (χ3v) is 6.13. The van der Waals surface area contributed by atoms with E-state index in [1.165, 1.54) is 5.56 Å². The van der Waals surface area contributed by atoms with Gasteiger partial charge in [-0.15, -0.1) is 0 Å². The molecule has 1 aromatic heterocycles. The fourth-order valence-electron chi connectivity index (χ4n) is 4.11. The van der Waals surface area contributed by atoms with Crippen LogP contribution in [0.1, 0.15) is 47.9 Å². The van der Waals surface area contributed by atoms with Crippen molar-refractivity contribution in [2.45, 2.75) is 39.3 Å². The van der Waals surface area contributed by atoms with Gasteiger partial charge < -0.3 is 24.1 Å². The van der Waals surface area contributed by atoms with Crippen molar-refractivity contribution in [3.05, 3.63) is 83.7 Å². The Morgan fingerprint density at radius 1 is 0.972 bits per heavy atom. The summed E-state index contributed by atoms with van der Waals surface area (Å²) in [5.74, 6) is 3.05. The molecule has 3 aromatic carbocycles. The van der Waals surface area contributed by atoms with E-state index in [9.17, 15) is 4.79 Å². The molecule has 0 fully saturated rings. The fraction of sp³-hybridized carbons (Fsp3) is 0.310. The van der Waals surface area contributed by atoms with Crippen molar-refractivity contribution in [2.75, 3.05) is 20.8 Å². The van der Waals surface area contributed by atoms with Gasteiger partial charge in [0, 0.05) is 12.1 Å². The van der Waals surface area contributed by atoms with Gasteiger partial charge in [0.1, 0.15) is 11.6 Å². The molecule has 0 saturated heterocycles. The minimum absolute atomic E-state index is 0.206. The molecule has 0 bridgehead atoms. The third kappa shape index (κ3) is 5.79. The van der Waals surface area contributed by atoms with Gasteiger partial charge in [0.05, 0.1) is 38.4 Å². The summed E-state index contributed by atoms with van der Waals surface area (Å²) in [5, 5.41) is 2.99. The summed E-state index contributed by atoms with van der Waals surface area (Å²) in [5.41, 5.74) is 3.73. The Morgan fingerprint density at radius 3 is 2.44 bits per heavy atom. The van der Waals surface area contributed by atoms with E-state index >= 15 is 0 Å². The number of fused-ring (bicyclic) bond motifs is 1. The zero-order valence-corrected chi connectivity index (χ0v) is 21.3. The lowest BCUT2D eigenvalue weighted by Gasteiger charge is -2.12. The van der Waals surface area contributed by atoms with E-state index in [4.69, 9.17) is 19.2 Å². The smallest absolute Gasteiger partial charge is 0.251 e. The molecule has 36 heavy (non-hydrogen) atoms. The zero-order chi connectivity index (χ0) is 25.5. The largest absolute Gasteiger partial charge is 0.494 e. The highest BCUT2D eigenvalue weighted by Crippen LogP contribution is 2.27. The predicted octanol–water partition coefficient (Wildman–Crippen LogP) is 5.58. The summed E-state index contributed by atoms with van der Waals surface area (Å²) in [4.78, 5) is 17.6. The van der Waals surface area contributed by atoms with Gasteiger partial charge in [-0.05, 0) is 60.4 Å². The molecule has 4 aromatic rings. The van der Waals surface area contributed by atoms with Crippen LogP contribution in [0, 0.1) is 0 Å². The number of para-hydroxylation sites is 2. The van der Waals surface area contributed by atoms with E-state index in [-0.39, 0.29) is 5.91 Å². The Hall–Kier alpha value is -4.00. The quantitative estimate of drug-likeness (QED) is 0.280. The molecule has 1 amide bonds. The van der Waals surface area contributed by atoms with E-state index in [1.54, 1.807) is 32.4 Å². The Morgan fingerprint density at radius 2 is 1.72 bits per heavy atom. The van der Waals surface area contributed by atoms with E-state index in [0.717, 1.165) is 35.6 Å². The standard InChI is InChI=1S/C29H33N3O4/c1-20(2)21-10-13-23(14-11-21)36-17-7-16-32-25-9-6-5-8-24(25)31-28(32)19-30-29(33)22-12-15-26(34-3)27(18-22)35-4/h5-6,8-15,18,20H,7,16-17,19H2,1-4H3,(H,30,33). The van der Waals surface area contributed by atoms with Crippen LogP contribution in [0.2, 0.25) is 0 Å². The highest BCUT2D eigenvalue weighted by molar-refractivity contribution is 5.94. The molecule has 7 nitrogen and oxygen atoms in total. The molecule has 1 heterocycles. The van der Waals surface area contributed by atoms with E-state index in [1.807, 2.05) is 36.4 Å². The Bertz CT molecular complexity index is 1310. The number of nitrogens with one attached hydrogen (secondary N) is 1. The maximum absolute atomic E-state index is 12.8. The number of aryl methyl sites for hydroxylation is 1. The monoisotopic (exact) mass is 487 g/mol. The molecule has 7 heteroatoms. The third-order valence-electron chi connectivity index (χ3n) is 6.13. The van der Waals surface area contributed by atoms with Crippen LogP contribution >= 0.6 is 0 Å². The molecule has 0 aliphatic carbocycles. The average Bonchev–Trinajstić information content (AvgIpc) is 3.26. The number of imidazole rings is 1. The first kappa shape index (κ1) is 25.1. The number of ether oxygens (including phenoxy) is 3. The van der Waals surface area contributed by atoms with Crippen LogP contribution in [-0.2, 0) is 13.1 Å².